The normalized spacial score (nSPS) is 19.4. The van der Waals surface area contributed by atoms with Gasteiger partial charge < -0.3 is 9.80 Å². The largest absolute Gasteiger partial charge is 0.309 e. The van der Waals surface area contributed by atoms with Crippen LogP contribution in [0.4, 0.5) is 11.4 Å². The van der Waals surface area contributed by atoms with Crippen LogP contribution < -0.4 is 9.80 Å². The number of hydrogen-bond acceptors (Lipinski definition) is 4. The van der Waals surface area contributed by atoms with E-state index in [1.807, 2.05) is 74.5 Å². The average Bonchev–Trinajstić information content (AvgIpc) is 3.28. The van der Waals surface area contributed by atoms with Gasteiger partial charge in [0.2, 0.25) is 11.8 Å². The number of carbonyl (C=O) groups excluding carboxylic acids is 2. The summed E-state index contributed by atoms with van der Waals surface area (Å²) in [6.45, 7) is 3.90. The molecule has 2 aliphatic rings. The second-order valence-electron chi connectivity index (χ2n) is 8.55. The third-order valence-electron chi connectivity index (χ3n) is 6.29. The Labute approximate surface area is 182 Å². The molecule has 2 aromatic rings. The van der Waals surface area contributed by atoms with Gasteiger partial charge in [0.15, 0.2) is 5.41 Å². The van der Waals surface area contributed by atoms with Crippen LogP contribution >= 0.6 is 0 Å². The van der Waals surface area contributed by atoms with E-state index < -0.39 is 5.41 Å². The molecule has 4 rings (SSSR count). The van der Waals surface area contributed by atoms with Crippen molar-refractivity contribution in [1.29, 1.82) is 10.5 Å². The fourth-order valence-corrected chi connectivity index (χ4v) is 4.82. The maximum Gasteiger partial charge on any atom is 0.229 e. The van der Waals surface area contributed by atoms with Crippen LogP contribution in [0.15, 0.2) is 48.5 Å². The van der Waals surface area contributed by atoms with Crippen molar-refractivity contribution in [3.05, 3.63) is 59.7 Å². The minimum absolute atomic E-state index is 0.0545. The average molecular weight is 412 g/mol. The third kappa shape index (κ3) is 3.55. The van der Waals surface area contributed by atoms with E-state index in [0.29, 0.717) is 0 Å². The molecule has 2 atom stereocenters. The van der Waals surface area contributed by atoms with Crippen LogP contribution in [0, 0.1) is 28.1 Å². The van der Waals surface area contributed by atoms with E-state index in [2.05, 4.69) is 0 Å². The maximum absolute atomic E-state index is 13.2. The van der Waals surface area contributed by atoms with Gasteiger partial charge in [-0.2, -0.15) is 10.5 Å². The van der Waals surface area contributed by atoms with Crippen molar-refractivity contribution < 1.29 is 9.59 Å². The molecule has 6 heteroatoms. The lowest BCUT2D eigenvalue weighted by Crippen LogP contribution is -2.42. The molecule has 0 unspecified atom stereocenters. The summed E-state index contributed by atoms with van der Waals surface area (Å²) in [6, 6.07) is 19.2. The number of rotatable bonds is 4. The molecule has 0 saturated carbocycles. The van der Waals surface area contributed by atoms with Crippen molar-refractivity contribution in [2.75, 3.05) is 9.80 Å². The fourth-order valence-electron chi connectivity index (χ4n) is 4.82. The maximum atomic E-state index is 13.2. The zero-order valence-electron chi connectivity index (χ0n) is 17.7. The van der Waals surface area contributed by atoms with Gasteiger partial charge >= 0.3 is 0 Å². The van der Waals surface area contributed by atoms with Crippen molar-refractivity contribution in [2.24, 2.45) is 5.41 Å². The molecular formula is C25H24N4O2. The van der Waals surface area contributed by atoms with Gasteiger partial charge in [0.1, 0.15) is 0 Å². The van der Waals surface area contributed by atoms with Crippen molar-refractivity contribution in [2.45, 2.75) is 51.6 Å². The summed E-state index contributed by atoms with van der Waals surface area (Å²) in [6.07, 6.45) is 0.840. The van der Waals surface area contributed by atoms with E-state index in [9.17, 15) is 20.1 Å². The Balaban J connectivity index is 1.56. The summed E-state index contributed by atoms with van der Waals surface area (Å²) < 4.78 is 0. The lowest BCUT2D eigenvalue weighted by atomic mass is 9.83. The Kier molecular flexibility index (Phi) is 5.25. The van der Waals surface area contributed by atoms with E-state index in [0.717, 1.165) is 35.3 Å². The lowest BCUT2D eigenvalue weighted by molar-refractivity contribution is -0.122. The van der Waals surface area contributed by atoms with Crippen LogP contribution in [0.25, 0.3) is 0 Å². The van der Waals surface area contributed by atoms with Gasteiger partial charge in [-0.1, -0.05) is 36.4 Å². The molecule has 0 N–H and O–H groups in total. The first-order valence-corrected chi connectivity index (χ1v) is 10.5. The minimum Gasteiger partial charge on any atom is -0.309 e. The molecule has 2 heterocycles. The van der Waals surface area contributed by atoms with Crippen molar-refractivity contribution >= 4 is 23.2 Å². The second kappa shape index (κ2) is 7.89. The van der Waals surface area contributed by atoms with Crippen molar-refractivity contribution in [3.63, 3.8) is 0 Å². The van der Waals surface area contributed by atoms with E-state index >= 15 is 0 Å². The molecule has 2 amide bonds. The Bertz CT molecular complexity index is 1040. The van der Waals surface area contributed by atoms with Crippen molar-refractivity contribution in [3.8, 4) is 12.1 Å². The fraction of sp³-hybridized carbons (Fsp3) is 0.360. The number of para-hydroxylation sites is 2. The zero-order valence-corrected chi connectivity index (χ0v) is 17.7. The first-order valence-electron chi connectivity index (χ1n) is 10.5. The number of nitriles is 2. The highest BCUT2D eigenvalue weighted by Crippen LogP contribution is 2.37. The topological polar surface area (TPSA) is 88.2 Å². The van der Waals surface area contributed by atoms with Gasteiger partial charge in [-0.15, -0.1) is 0 Å². The van der Waals surface area contributed by atoms with E-state index in [1.54, 1.807) is 9.80 Å². The summed E-state index contributed by atoms with van der Waals surface area (Å²) in [5, 5.41) is 19.7. The molecule has 2 aliphatic heterocycles. The molecule has 0 saturated heterocycles. The predicted octanol–water partition coefficient (Wildman–Crippen LogP) is 3.76. The van der Waals surface area contributed by atoms with E-state index in [1.165, 1.54) is 0 Å². The highest BCUT2D eigenvalue weighted by molar-refractivity contribution is 5.99. The number of nitrogens with zero attached hydrogens (tertiary/aromatic N) is 4. The number of hydrogen-bond donors (Lipinski definition) is 0. The summed E-state index contributed by atoms with van der Waals surface area (Å²) >= 11 is 0. The van der Waals surface area contributed by atoms with Crippen LogP contribution in [-0.4, -0.2) is 23.9 Å². The van der Waals surface area contributed by atoms with E-state index in [-0.39, 0.29) is 36.7 Å². The summed E-state index contributed by atoms with van der Waals surface area (Å²) in [7, 11) is 0. The minimum atomic E-state index is -1.71. The van der Waals surface area contributed by atoms with Gasteiger partial charge in [0, 0.05) is 23.5 Å². The lowest BCUT2D eigenvalue weighted by Gasteiger charge is -2.28. The number of amides is 2. The van der Waals surface area contributed by atoms with Gasteiger partial charge in [-0.25, -0.2) is 0 Å². The first-order chi connectivity index (χ1) is 14.9. The Morgan fingerprint density at radius 1 is 0.839 bits per heavy atom. The molecule has 2 aromatic carbocycles. The number of benzene rings is 2. The predicted molar refractivity (Wildman–Crippen MR) is 117 cm³/mol. The molecule has 6 nitrogen and oxygen atoms in total. The van der Waals surface area contributed by atoms with Crippen LogP contribution in [0.5, 0.6) is 0 Å². The Morgan fingerprint density at radius 3 is 1.61 bits per heavy atom. The summed E-state index contributed by atoms with van der Waals surface area (Å²) in [5.41, 5.74) is 2.07. The van der Waals surface area contributed by atoms with Crippen LogP contribution in [0.1, 0.15) is 37.8 Å². The second-order valence-corrected chi connectivity index (χ2v) is 8.55. The molecule has 0 radical (unpaired) electrons. The Morgan fingerprint density at radius 2 is 1.23 bits per heavy atom. The molecule has 0 fully saturated rings. The van der Waals surface area contributed by atoms with Gasteiger partial charge in [-0.05, 0) is 49.9 Å². The monoisotopic (exact) mass is 412 g/mol. The molecule has 0 spiro atoms. The van der Waals surface area contributed by atoms with Gasteiger partial charge in [0.05, 0.1) is 25.0 Å². The first kappa shape index (κ1) is 20.6. The summed E-state index contributed by atoms with van der Waals surface area (Å²) in [4.78, 5) is 29.8. The van der Waals surface area contributed by atoms with Crippen LogP contribution in [0.2, 0.25) is 0 Å². The SMILES string of the molecule is C[C@@H]1Cc2ccccc2N1C(=O)CC(C#N)(C#N)CC(=O)N1c2ccccc2C[C@@H]1C. The molecule has 0 bridgehead atoms. The molecule has 0 aromatic heterocycles. The zero-order chi connectivity index (χ0) is 22.2. The van der Waals surface area contributed by atoms with Crippen molar-refractivity contribution in [1.82, 2.24) is 0 Å². The summed E-state index contributed by atoms with van der Waals surface area (Å²) in [5.74, 6) is -0.605. The number of anilines is 2. The van der Waals surface area contributed by atoms with Gasteiger partial charge in [-0.3, -0.25) is 9.59 Å². The smallest absolute Gasteiger partial charge is 0.229 e. The number of carbonyl (C=O) groups is 2. The van der Waals surface area contributed by atoms with Gasteiger partial charge in [0.25, 0.3) is 0 Å². The highest BCUT2D eigenvalue weighted by Gasteiger charge is 2.42. The van der Waals surface area contributed by atoms with Crippen LogP contribution in [-0.2, 0) is 22.4 Å². The van der Waals surface area contributed by atoms with Crippen LogP contribution in [0.3, 0.4) is 0 Å². The van der Waals surface area contributed by atoms with E-state index in [4.69, 9.17) is 0 Å². The quantitative estimate of drug-likeness (QED) is 0.765. The molecule has 0 aliphatic carbocycles. The highest BCUT2D eigenvalue weighted by atomic mass is 16.2. The molecule has 31 heavy (non-hydrogen) atoms. The number of fused-ring (bicyclic) bond motifs is 2. The third-order valence-corrected chi connectivity index (χ3v) is 6.29. The standard InChI is InChI=1S/C25H24N4O2/c1-17-11-19-7-3-5-9-21(19)28(17)23(30)13-25(15-26,16-27)14-24(31)29-18(2)12-20-8-4-6-10-22(20)29/h3-10,17-18H,11-14H2,1-2H3/t17-,18+. The molecule has 156 valence electrons. The molecular weight excluding hydrogens is 388 g/mol. The Hall–Kier alpha value is -3.64.